The lowest BCUT2D eigenvalue weighted by atomic mass is 10.3. The number of hydrogen-bond acceptors (Lipinski definition) is 6. The number of halogens is 1. The van der Waals surface area contributed by atoms with Crippen molar-refractivity contribution >= 4 is 23.7 Å². The topological polar surface area (TPSA) is 64.6 Å². The number of anilines is 1. The largest absolute Gasteiger partial charge is 0.380 e. The maximum Gasteiger partial charge on any atom is 0.156 e. The Morgan fingerprint density at radius 2 is 1.71 bits per heavy atom. The highest BCUT2D eigenvalue weighted by atomic mass is 35.5. The number of aryl methyl sites for hydroxylation is 1. The number of rotatable bonds is 10. The molecule has 1 aromatic heterocycles. The zero-order valence-corrected chi connectivity index (χ0v) is 13.5. The zero-order chi connectivity index (χ0) is 15.7. The second kappa shape index (κ2) is 9.65. The van der Waals surface area contributed by atoms with Gasteiger partial charge in [-0.15, -0.1) is 0 Å². The van der Waals surface area contributed by atoms with Crippen LogP contribution in [0.25, 0.3) is 0 Å². The molecule has 0 unspecified atom stereocenters. The van der Waals surface area contributed by atoms with Gasteiger partial charge in [0.2, 0.25) is 0 Å². The van der Waals surface area contributed by atoms with Gasteiger partial charge in [0, 0.05) is 26.3 Å². The first-order chi connectivity index (χ1) is 10.1. The Kier molecular flexibility index (Phi) is 8.19. The van der Waals surface area contributed by atoms with Gasteiger partial charge >= 0.3 is 0 Å². The molecule has 21 heavy (non-hydrogen) atoms. The molecular weight excluding hydrogens is 294 g/mol. The molecule has 0 spiro atoms. The second-order valence-corrected chi connectivity index (χ2v) is 4.66. The number of hydrogen-bond donors (Lipinski definition) is 0. The van der Waals surface area contributed by atoms with Crippen LogP contribution in [-0.4, -0.2) is 55.8 Å². The van der Waals surface area contributed by atoms with Crippen LogP contribution in [0.4, 0.5) is 5.82 Å². The average Bonchev–Trinajstić information content (AvgIpc) is 2.45. The molecule has 1 rings (SSSR count). The van der Waals surface area contributed by atoms with E-state index in [2.05, 4.69) is 9.97 Å². The quantitative estimate of drug-likeness (QED) is 0.374. The summed E-state index contributed by atoms with van der Waals surface area (Å²) in [6.07, 6.45) is 0.686. The summed E-state index contributed by atoms with van der Waals surface area (Å²) < 4.78 is 10.8. The van der Waals surface area contributed by atoms with Crippen LogP contribution >= 0.6 is 11.6 Å². The lowest BCUT2D eigenvalue weighted by Crippen LogP contribution is -2.33. The Bertz CT molecular complexity index is 447. The highest BCUT2D eigenvalue weighted by Crippen LogP contribution is 2.22. The number of aldehydes is 1. The molecule has 6 nitrogen and oxygen atoms in total. The Morgan fingerprint density at radius 1 is 1.14 bits per heavy atom. The maximum atomic E-state index is 11.3. The molecule has 0 saturated carbocycles. The SMILES string of the molecule is CCOCCN(CCOCC)c1nc(C)nc(Cl)c1C=O. The average molecular weight is 316 g/mol. The highest BCUT2D eigenvalue weighted by Gasteiger charge is 2.17. The summed E-state index contributed by atoms with van der Waals surface area (Å²) in [6.45, 7) is 9.20. The van der Waals surface area contributed by atoms with E-state index in [1.807, 2.05) is 18.7 Å². The summed E-state index contributed by atoms with van der Waals surface area (Å²) in [5, 5.41) is 0.172. The molecule has 1 heterocycles. The Balaban J connectivity index is 2.96. The van der Waals surface area contributed by atoms with E-state index in [-0.39, 0.29) is 5.15 Å². The fourth-order valence-corrected chi connectivity index (χ4v) is 2.09. The van der Waals surface area contributed by atoms with E-state index in [4.69, 9.17) is 21.1 Å². The fraction of sp³-hybridized carbons (Fsp3) is 0.643. The molecule has 0 aliphatic carbocycles. The fourth-order valence-electron chi connectivity index (χ4n) is 1.84. The minimum atomic E-state index is 0.172. The minimum Gasteiger partial charge on any atom is -0.380 e. The third kappa shape index (κ3) is 5.57. The summed E-state index contributed by atoms with van der Waals surface area (Å²) in [5.74, 6) is 1.06. The molecule has 0 fully saturated rings. The third-order valence-corrected chi connectivity index (χ3v) is 3.12. The molecule has 7 heteroatoms. The van der Waals surface area contributed by atoms with Crippen molar-refractivity contribution in [3.63, 3.8) is 0 Å². The van der Waals surface area contributed by atoms with Gasteiger partial charge in [-0.25, -0.2) is 9.97 Å². The zero-order valence-electron chi connectivity index (χ0n) is 12.8. The summed E-state index contributed by atoms with van der Waals surface area (Å²) in [5.41, 5.74) is 0.301. The van der Waals surface area contributed by atoms with Gasteiger partial charge in [-0.2, -0.15) is 0 Å². The lowest BCUT2D eigenvalue weighted by Gasteiger charge is -2.25. The van der Waals surface area contributed by atoms with Gasteiger partial charge < -0.3 is 14.4 Å². The number of ether oxygens (including phenoxy) is 2. The smallest absolute Gasteiger partial charge is 0.156 e. The van der Waals surface area contributed by atoms with E-state index in [1.165, 1.54) is 0 Å². The first-order valence-corrected chi connectivity index (χ1v) is 7.41. The Hall–Kier alpha value is -1.24. The summed E-state index contributed by atoms with van der Waals surface area (Å²) in [7, 11) is 0. The van der Waals surface area contributed by atoms with Crippen LogP contribution in [0, 0.1) is 6.92 Å². The summed E-state index contributed by atoms with van der Waals surface area (Å²) in [6, 6.07) is 0. The van der Waals surface area contributed by atoms with Crippen molar-refractivity contribution in [3.8, 4) is 0 Å². The van der Waals surface area contributed by atoms with Gasteiger partial charge in [0.1, 0.15) is 16.8 Å². The number of nitrogens with zero attached hydrogens (tertiary/aromatic N) is 3. The minimum absolute atomic E-state index is 0.172. The van der Waals surface area contributed by atoms with Crippen molar-refractivity contribution in [1.82, 2.24) is 9.97 Å². The monoisotopic (exact) mass is 315 g/mol. The molecule has 1 aromatic rings. The number of carbonyl (C=O) groups is 1. The van der Waals surface area contributed by atoms with Crippen molar-refractivity contribution in [2.24, 2.45) is 0 Å². The predicted molar refractivity (Wildman–Crippen MR) is 82.4 cm³/mol. The molecule has 118 valence electrons. The van der Waals surface area contributed by atoms with E-state index in [0.29, 0.717) is 63.0 Å². The predicted octanol–water partition coefficient (Wildman–Crippen LogP) is 2.13. The van der Waals surface area contributed by atoms with E-state index >= 15 is 0 Å². The van der Waals surface area contributed by atoms with E-state index < -0.39 is 0 Å². The Labute approximate surface area is 130 Å². The molecule has 0 saturated heterocycles. The Morgan fingerprint density at radius 3 is 2.19 bits per heavy atom. The van der Waals surface area contributed by atoms with Gasteiger partial charge in [0.25, 0.3) is 0 Å². The van der Waals surface area contributed by atoms with Gasteiger partial charge in [0.05, 0.1) is 18.8 Å². The normalized spacial score (nSPS) is 10.7. The molecule has 0 atom stereocenters. The van der Waals surface area contributed by atoms with E-state index in [0.717, 1.165) is 0 Å². The molecule has 0 aliphatic heterocycles. The number of carbonyl (C=O) groups excluding carboxylic acids is 1. The maximum absolute atomic E-state index is 11.3. The van der Waals surface area contributed by atoms with Crippen LogP contribution in [0.3, 0.4) is 0 Å². The van der Waals surface area contributed by atoms with E-state index in [1.54, 1.807) is 6.92 Å². The molecule has 0 radical (unpaired) electrons. The molecule has 0 N–H and O–H groups in total. The first-order valence-electron chi connectivity index (χ1n) is 7.03. The summed E-state index contributed by atoms with van der Waals surface area (Å²) in [4.78, 5) is 21.6. The molecule has 0 aromatic carbocycles. The molecule has 0 aliphatic rings. The number of aromatic nitrogens is 2. The van der Waals surface area contributed by atoms with Crippen molar-refractivity contribution in [2.45, 2.75) is 20.8 Å². The van der Waals surface area contributed by atoms with Crippen LogP contribution in [-0.2, 0) is 9.47 Å². The summed E-state index contributed by atoms with van der Waals surface area (Å²) >= 11 is 6.03. The van der Waals surface area contributed by atoms with Crippen molar-refractivity contribution in [2.75, 3.05) is 44.4 Å². The van der Waals surface area contributed by atoms with Crippen LogP contribution in [0.15, 0.2) is 0 Å². The van der Waals surface area contributed by atoms with Crippen molar-refractivity contribution < 1.29 is 14.3 Å². The molecular formula is C14H22ClN3O3. The standard InChI is InChI=1S/C14H22ClN3O3/c1-4-20-8-6-18(7-9-21-5-2)14-12(10-19)13(15)16-11(3)17-14/h10H,4-9H2,1-3H3. The first kappa shape index (κ1) is 17.8. The van der Waals surface area contributed by atoms with Crippen LogP contribution in [0.1, 0.15) is 30.0 Å². The van der Waals surface area contributed by atoms with Crippen LogP contribution < -0.4 is 4.90 Å². The van der Waals surface area contributed by atoms with Crippen molar-refractivity contribution in [1.29, 1.82) is 0 Å². The van der Waals surface area contributed by atoms with Gasteiger partial charge in [-0.3, -0.25) is 4.79 Å². The van der Waals surface area contributed by atoms with Crippen LogP contribution in [0.2, 0.25) is 5.15 Å². The lowest BCUT2D eigenvalue weighted by molar-refractivity contribution is 0.112. The third-order valence-electron chi connectivity index (χ3n) is 2.83. The van der Waals surface area contributed by atoms with Gasteiger partial charge in [-0.1, -0.05) is 11.6 Å². The van der Waals surface area contributed by atoms with Gasteiger partial charge in [0.15, 0.2) is 6.29 Å². The van der Waals surface area contributed by atoms with Crippen molar-refractivity contribution in [3.05, 3.63) is 16.5 Å². The molecule has 0 bridgehead atoms. The van der Waals surface area contributed by atoms with E-state index in [9.17, 15) is 4.79 Å². The van der Waals surface area contributed by atoms with Crippen LogP contribution in [0.5, 0.6) is 0 Å². The molecule has 0 amide bonds. The highest BCUT2D eigenvalue weighted by molar-refractivity contribution is 6.32. The second-order valence-electron chi connectivity index (χ2n) is 4.30. The van der Waals surface area contributed by atoms with Gasteiger partial charge in [-0.05, 0) is 20.8 Å².